The van der Waals surface area contributed by atoms with Gasteiger partial charge in [-0.1, -0.05) is 30.3 Å². The Hall–Kier alpha value is -1.06. The molecule has 1 saturated carbocycles. The molecule has 0 spiro atoms. The number of amides is 1. The van der Waals surface area contributed by atoms with Crippen molar-refractivity contribution in [2.24, 2.45) is 5.73 Å². The summed E-state index contributed by atoms with van der Waals surface area (Å²) in [7, 11) is 0. The molecule has 1 aliphatic heterocycles. The van der Waals surface area contributed by atoms with Gasteiger partial charge in [0.2, 0.25) is 5.91 Å². The molecule has 1 aliphatic carbocycles. The van der Waals surface area contributed by atoms with Crippen LogP contribution in [0.25, 0.3) is 0 Å². The highest BCUT2D eigenvalue weighted by Gasteiger charge is 2.48. The second kappa shape index (κ2) is 5.51. The molecule has 1 heterocycles. The quantitative estimate of drug-likeness (QED) is 0.904. The highest BCUT2D eigenvalue weighted by atomic mass is 35.5. The molecule has 1 aromatic carbocycles. The lowest BCUT2D eigenvalue weighted by Crippen LogP contribution is -2.48. The predicted octanol–water partition coefficient (Wildman–Crippen LogP) is 2.31. The van der Waals surface area contributed by atoms with Crippen LogP contribution in [0.2, 0.25) is 0 Å². The van der Waals surface area contributed by atoms with Crippen molar-refractivity contribution in [1.82, 2.24) is 4.90 Å². The number of rotatable bonds is 2. The first-order valence-corrected chi connectivity index (χ1v) is 6.82. The number of likely N-dealkylation sites (tertiary alicyclic amines) is 1. The van der Waals surface area contributed by atoms with E-state index in [-0.39, 0.29) is 18.3 Å². The SMILES string of the molecule is Cl.NC1(C(=O)N2CCC(c3ccccc3)CC2)CC1. The average Bonchev–Trinajstić information content (AvgIpc) is 3.18. The second-order valence-corrected chi connectivity index (χ2v) is 5.63. The fraction of sp³-hybridized carbons (Fsp3) is 0.533. The standard InChI is InChI=1S/C15H20N2O.ClH/c16-15(8-9-15)14(18)17-10-6-13(7-11-17)12-4-2-1-3-5-12;/h1-5,13H,6-11,16H2;1H. The lowest BCUT2D eigenvalue weighted by molar-refractivity contribution is -0.134. The number of carbonyl (C=O) groups is 1. The van der Waals surface area contributed by atoms with E-state index in [1.807, 2.05) is 11.0 Å². The van der Waals surface area contributed by atoms with Crippen LogP contribution in [0.5, 0.6) is 0 Å². The van der Waals surface area contributed by atoms with Gasteiger partial charge in [0.25, 0.3) is 0 Å². The Morgan fingerprint density at radius 1 is 1.16 bits per heavy atom. The van der Waals surface area contributed by atoms with Crippen molar-refractivity contribution in [2.45, 2.75) is 37.1 Å². The minimum atomic E-state index is -0.500. The summed E-state index contributed by atoms with van der Waals surface area (Å²) in [5.41, 5.74) is 6.88. The Balaban J connectivity index is 0.00000133. The molecule has 1 aromatic rings. The van der Waals surface area contributed by atoms with E-state index >= 15 is 0 Å². The number of carbonyl (C=O) groups excluding carboxylic acids is 1. The fourth-order valence-electron chi connectivity index (χ4n) is 2.80. The van der Waals surface area contributed by atoms with Gasteiger partial charge in [-0.25, -0.2) is 0 Å². The zero-order chi connectivity index (χ0) is 12.6. The summed E-state index contributed by atoms with van der Waals surface area (Å²) in [4.78, 5) is 14.1. The largest absolute Gasteiger partial charge is 0.341 e. The molecule has 4 heteroatoms. The van der Waals surface area contributed by atoms with Crippen LogP contribution < -0.4 is 5.73 Å². The van der Waals surface area contributed by atoms with Gasteiger partial charge in [-0.15, -0.1) is 12.4 Å². The van der Waals surface area contributed by atoms with Crippen molar-refractivity contribution in [3.8, 4) is 0 Å². The Kier molecular flexibility index (Phi) is 4.16. The summed E-state index contributed by atoms with van der Waals surface area (Å²) in [5.74, 6) is 0.775. The summed E-state index contributed by atoms with van der Waals surface area (Å²) >= 11 is 0. The maximum Gasteiger partial charge on any atom is 0.242 e. The van der Waals surface area contributed by atoms with E-state index in [0.29, 0.717) is 5.92 Å². The third kappa shape index (κ3) is 2.93. The number of hydrogen-bond acceptors (Lipinski definition) is 2. The molecular weight excluding hydrogens is 260 g/mol. The summed E-state index contributed by atoms with van der Waals surface area (Å²) in [5, 5.41) is 0. The van der Waals surface area contributed by atoms with Crippen LogP contribution in [0.3, 0.4) is 0 Å². The summed E-state index contributed by atoms with van der Waals surface area (Å²) in [6.45, 7) is 1.72. The van der Waals surface area contributed by atoms with Crippen LogP contribution in [0.1, 0.15) is 37.2 Å². The van der Waals surface area contributed by atoms with Crippen molar-refractivity contribution < 1.29 is 4.79 Å². The molecule has 0 radical (unpaired) electrons. The smallest absolute Gasteiger partial charge is 0.242 e. The van der Waals surface area contributed by atoms with Crippen molar-refractivity contribution in [3.05, 3.63) is 35.9 Å². The van der Waals surface area contributed by atoms with E-state index in [1.165, 1.54) is 5.56 Å². The molecule has 0 bridgehead atoms. The summed E-state index contributed by atoms with van der Waals surface area (Å²) in [6, 6.07) is 10.6. The van der Waals surface area contributed by atoms with Crippen LogP contribution in [0, 0.1) is 0 Å². The number of hydrogen-bond donors (Lipinski definition) is 1. The lowest BCUT2D eigenvalue weighted by Gasteiger charge is -2.33. The molecule has 0 aromatic heterocycles. The Labute approximate surface area is 120 Å². The first-order valence-electron chi connectivity index (χ1n) is 6.82. The Morgan fingerprint density at radius 2 is 1.74 bits per heavy atom. The molecule has 3 rings (SSSR count). The lowest BCUT2D eigenvalue weighted by atomic mass is 9.89. The summed E-state index contributed by atoms with van der Waals surface area (Å²) < 4.78 is 0. The maximum atomic E-state index is 12.1. The molecule has 19 heavy (non-hydrogen) atoms. The topological polar surface area (TPSA) is 46.3 Å². The van der Waals surface area contributed by atoms with Crippen LogP contribution in [-0.2, 0) is 4.79 Å². The minimum absolute atomic E-state index is 0. The molecule has 104 valence electrons. The van der Waals surface area contributed by atoms with Gasteiger partial charge in [-0.05, 0) is 37.2 Å². The van der Waals surface area contributed by atoms with Gasteiger partial charge in [-0.2, -0.15) is 0 Å². The number of benzene rings is 1. The fourth-order valence-corrected chi connectivity index (χ4v) is 2.80. The molecule has 0 unspecified atom stereocenters. The van der Waals surface area contributed by atoms with Crippen LogP contribution in [-0.4, -0.2) is 29.4 Å². The van der Waals surface area contributed by atoms with Gasteiger partial charge in [0.1, 0.15) is 0 Å². The highest BCUT2D eigenvalue weighted by Crippen LogP contribution is 2.36. The van der Waals surface area contributed by atoms with E-state index in [4.69, 9.17) is 5.73 Å². The molecule has 3 nitrogen and oxygen atoms in total. The number of nitrogens with two attached hydrogens (primary N) is 1. The normalized spacial score (nSPS) is 21.6. The van der Waals surface area contributed by atoms with E-state index in [0.717, 1.165) is 38.8 Å². The number of nitrogens with zero attached hydrogens (tertiary/aromatic N) is 1. The van der Waals surface area contributed by atoms with Crippen LogP contribution in [0.15, 0.2) is 30.3 Å². The monoisotopic (exact) mass is 280 g/mol. The van der Waals surface area contributed by atoms with E-state index < -0.39 is 5.54 Å². The second-order valence-electron chi connectivity index (χ2n) is 5.63. The van der Waals surface area contributed by atoms with Gasteiger partial charge in [-0.3, -0.25) is 4.79 Å². The highest BCUT2D eigenvalue weighted by molar-refractivity contribution is 5.89. The molecule has 0 atom stereocenters. The minimum Gasteiger partial charge on any atom is -0.341 e. The first kappa shape index (κ1) is 14.4. The predicted molar refractivity (Wildman–Crippen MR) is 78.4 cm³/mol. The van der Waals surface area contributed by atoms with E-state index in [1.54, 1.807) is 0 Å². The van der Waals surface area contributed by atoms with Gasteiger partial charge in [0.05, 0.1) is 5.54 Å². The van der Waals surface area contributed by atoms with Gasteiger partial charge >= 0.3 is 0 Å². The molecule has 1 amide bonds. The van der Waals surface area contributed by atoms with Gasteiger partial charge < -0.3 is 10.6 Å². The first-order chi connectivity index (χ1) is 8.69. The zero-order valence-corrected chi connectivity index (χ0v) is 11.9. The number of piperidine rings is 1. The van der Waals surface area contributed by atoms with Crippen molar-refractivity contribution >= 4 is 18.3 Å². The third-order valence-corrected chi connectivity index (χ3v) is 4.27. The molecule has 2 fully saturated rings. The zero-order valence-electron chi connectivity index (χ0n) is 11.0. The average molecular weight is 281 g/mol. The van der Waals surface area contributed by atoms with Crippen molar-refractivity contribution in [2.75, 3.05) is 13.1 Å². The molecule has 2 N–H and O–H groups in total. The third-order valence-electron chi connectivity index (χ3n) is 4.27. The Bertz CT molecular complexity index is 437. The van der Waals surface area contributed by atoms with E-state index in [2.05, 4.69) is 24.3 Å². The van der Waals surface area contributed by atoms with Crippen molar-refractivity contribution in [3.63, 3.8) is 0 Å². The Morgan fingerprint density at radius 3 is 2.26 bits per heavy atom. The summed E-state index contributed by atoms with van der Waals surface area (Å²) in [6.07, 6.45) is 3.85. The molecular formula is C15H21ClN2O. The molecule has 2 aliphatic rings. The van der Waals surface area contributed by atoms with Gasteiger partial charge in [0, 0.05) is 13.1 Å². The van der Waals surface area contributed by atoms with Gasteiger partial charge in [0.15, 0.2) is 0 Å². The van der Waals surface area contributed by atoms with E-state index in [9.17, 15) is 4.79 Å². The van der Waals surface area contributed by atoms with Crippen LogP contribution >= 0.6 is 12.4 Å². The molecule has 1 saturated heterocycles. The number of halogens is 1. The maximum absolute atomic E-state index is 12.1. The van der Waals surface area contributed by atoms with Crippen LogP contribution in [0.4, 0.5) is 0 Å². The van der Waals surface area contributed by atoms with Crippen molar-refractivity contribution in [1.29, 1.82) is 0 Å².